The van der Waals surface area contributed by atoms with Crippen molar-refractivity contribution >= 4 is 11.0 Å². The Labute approximate surface area is 251 Å². The van der Waals surface area contributed by atoms with Crippen LogP contribution in [-0.4, -0.2) is 19.1 Å². The van der Waals surface area contributed by atoms with Crippen LogP contribution in [0.3, 0.4) is 0 Å². The van der Waals surface area contributed by atoms with Crippen LogP contribution in [0.5, 0.6) is 0 Å². The molecule has 0 amide bonds. The van der Waals surface area contributed by atoms with Crippen molar-refractivity contribution in [2.45, 2.75) is 0 Å². The Morgan fingerprint density at radius 3 is 1.64 bits per heavy atom. The van der Waals surface area contributed by atoms with Gasteiger partial charge in [0.25, 0.3) is 0 Å². The Morgan fingerprint density at radius 1 is 0.524 bits per heavy atom. The third-order valence-electron chi connectivity index (χ3n) is 7.52. The minimum atomic E-state index is -0.471. The van der Waals surface area contributed by atoms with Crippen LogP contribution in [-0.2, 0) is 14.1 Å². The molecule has 0 saturated carbocycles. The monoisotopic (exact) mass is 549 g/mol. The Morgan fingerprint density at radius 2 is 1.02 bits per heavy atom. The van der Waals surface area contributed by atoms with E-state index in [0.29, 0.717) is 11.4 Å². The highest BCUT2D eigenvalue weighted by Crippen LogP contribution is 2.31. The van der Waals surface area contributed by atoms with E-state index in [4.69, 9.17) is 16.8 Å². The summed E-state index contributed by atoms with van der Waals surface area (Å²) >= 11 is 0. The lowest BCUT2D eigenvalue weighted by atomic mass is 10.00. The van der Waals surface area contributed by atoms with E-state index in [-0.39, 0.29) is 29.2 Å². The van der Waals surface area contributed by atoms with Crippen molar-refractivity contribution in [2.75, 3.05) is 0 Å². The summed E-state index contributed by atoms with van der Waals surface area (Å²) in [5.74, 6) is 0.0427. The molecule has 7 rings (SSSR count). The maximum atomic E-state index is 12.4. The van der Waals surface area contributed by atoms with Crippen LogP contribution in [0.2, 0.25) is 0 Å². The van der Waals surface area contributed by atoms with E-state index in [1.54, 1.807) is 23.2 Å². The molecule has 0 aliphatic heterocycles. The topological polar surface area (TPSA) is 52.7 Å². The van der Waals surface area contributed by atoms with Gasteiger partial charge in [0.15, 0.2) is 5.82 Å². The average molecular weight is 550 g/mol. The Hall–Kier alpha value is -5.55. The van der Waals surface area contributed by atoms with E-state index in [0.717, 1.165) is 44.4 Å². The summed E-state index contributed by atoms with van der Waals surface area (Å²) in [6.07, 6.45) is 0. The number of aromatic nitrogens is 4. The zero-order valence-electron chi connectivity index (χ0n) is 28.0. The van der Waals surface area contributed by atoms with E-state index in [1.165, 1.54) is 0 Å². The Bertz CT molecular complexity index is 2350. The van der Waals surface area contributed by atoms with Gasteiger partial charge in [0.05, 0.1) is 29.3 Å². The molecule has 0 bridgehead atoms. The highest BCUT2D eigenvalue weighted by atomic mass is 16.1. The summed E-state index contributed by atoms with van der Waals surface area (Å²) in [7, 11) is 3.51. The molecular weight excluding hydrogens is 516 g/mol. The zero-order chi connectivity index (χ0) is 33.0. The summed E-state index contributed by atoms with van der Waals surface area (Å²) in [5.41, 5.74) is 8.21. The maximum Gasteiger partial charge on any atom is 0.328 e. The number of hydrogen-bond acceptors (Lipinski definition) is 3. The number of nitrogens with zero attached hydrogens (tertiary/aromatic N) is 4. The average Bonchev–Trinajstić information content (AvgIpc) is 3.33. The number of hydrogen-bond donors (Lipinski definition) is 0. The van der Waals surface area contributed by atoms with E-state index in [2.05, 4.69) is 0 Å². The molecule has 0 fully saturated rings. The molecule has 2 heterocycles. The first-order chi connectivity index (χ1) is 22.6. The van der Waals surface area contributed by atoms with Gasteiger partial charge >= 0.3 is 5.69 Å². The quantitative estimate of drug-likeness (QED) is 0.219. The van der Waals surface area contributed by atoms with Crippen molar-refractivity contribution < 1.29 is 6.85 Å². The summed E-state index contributed by atoms with van der Waals surface area (Å²) in [4.78, 5) is 21.9. The molecule has 0 atom stereocenters. The molecule has 0 unspecified atom stereocenters. The van der Waals surface area contributed by atoms with Crippen LogP contribution in [0.25, 0.3) is 67.2 Å². The van der Waals surface area contributed by atoms with Gasteiger partial charge in [-0.25, -0.2) is 14.8 Å². The normalized spacial score (nSPS) is 12.9. The largest absolute Gasteiger partial charge is 0.328 e. The SMILES string of the molecule is [2H]c1c([2H])c([2H])c(-c2nc(-c3ccc(-c4ccccc4)cc3)cc(-c3ccc(-c4ccc5c(c4)n(C)c(=O)n5C)cc3)n2)c([2H])c1[2H]. The van der Waals surface area contributed by atoms with Crippen molar-refractivity contribution in [1.29, 1.82) is 0 Å². The van der Waals surface area contributed by atoms with Gasteiger partial charge in [0, 0.05) is 30.8 Å². The molecule has 0 radical (unpaired) electrons. The first-order valence-electron chi connectivity index (χ1n) is 16.0. The highest BCUT2D eigenvalue weighted by molar-refractivity contribution is 5.83. The van der Waals surface area contributed by atoms with Crippen molar-refractivity contribution in [3.05, 3.63) is 144 Å². The standard InChI is InChI=1S/C37H28N4O/c1-40-34-22-21-31(23-35(34)41(2)37(40)42)27-15-19-29(20-16-27)33-24-32(38-36(39-33)30-11-7-4-8-12-30)28-17-13-26(14-18-28)25-9-5-3-6-10-25/h3-24H,1-2H3/i4D,7D,8D,11D,12D. The fourth-order valence-electron chi connectivity index (χ4n) is 5.20. The van der Waals surface area contributed by atoms with Crippen LogP contribution in [0, 0.1) is 0 Å². The first kappa shape index (κ1) is 20.3. The Balaban J connectivity index is 1.34. The van der Waals surface area contributed by atoms with E-state index >= 15 is 0 Å². The number of imidazole rings is 1. The first-order valence-corrected chi connectivity index (χ1v) is 13.5. The van der Waals surface area contributed by atoms with Crippen LogP contribution in [0.15, 0.2) is 138 Å². The molecule has 202 valence electrons. The molecule has 0 aliphatic carbocycles. The van der Waals surface area contributed by atoms with Gasteiger partial charge in [-0.15, -0.1) is 0 Å². The number of aryl methyl sites for hydroxylation is 2. The van der Waals surface area contributed by atoms with Gasteiger partial charge in [0.2, 0.25) is 0 Å². The van der Waals surface area contributed by atoms with Crippen molar-refractivity contribution in [2.24, 2.45) is 14.1 Å². The van der Waals surface area contributed by atoms with Crippen molar-refractivity contribution in [3.63, 3.8) is 0 Å². The predicted octanol–water partition coefficient (Wildman–Crippen LogP) is 8.00. The molecule has 5 nitrogen and oxygen atoms in total. The molecule has 0 saturated heterocycles. The smallest absolute Gasteiger partial charge is 0.295 e. The molecule has 0 spiro atoms. The zero-order valence-corrected chi connectivity index (χ0v) is 23.0. The van der Waals surface area contributed by atoms with Gasteiger partial charge < -0.3 is 0 Å². The highest BCUT2D eigenvalue weighted by Gasteiger charge is 2.13. The second-order valence-corrected chi connectivity index (χ2v) is 10.1. The van der Waals surface area contributed by atoms with Crippen LogP contribution in [0.1, 0.15) is 6.85 Å². The van der Waals surface area contributed by atoms with Crippen molar-refractivity contribution in [1.82, 2.24) is 19.1 Å². The summed E-state index contributed by atoms with van der Waals surface area (Å²) in [6, 6.07) is 31.4. The summed E-state index contributed by atoms with van der Waals surface area (Å²) in [6.45, 7) is 0. The van der Waals surface area contributed by atoms with Gasteiger partial charge in [-0.05, 0) is 40.5 Å². The predicted molar refractivity (Wildman–Crippen MR) is 171 cm³/mol. The number of benzene rings is 5. The summed E-state index contributed by atoms with van der Waals surface area (Å²) in [5, 5.41) is 0. The third-order valence-corrected chi connectivity index (χ3v) is 7.52. The van der Waals surface area contributed by atoms with Crippen molar-refractivity contribution in [3.8, 4) is 56.2 Å². The fourth-order valence-corrected chi connectivity index (χ4v) is 5.20. The lowest BCUT2D eigenvalue weighted by Gasteiger charge is -2.11. The lowest BCUT2D eigenvalue weighted by molar-refractivity contribution is 0.795. The molecule has 42 heavy (non-hydrogen) atoms. The van der Waals surface area contributed by atoms with Crippen LogP contribution in [0.4, 0.5) is 0 Å². The number of fused-ring (bicyclic) bond motifs is 1. The van der Waals surface area contributed by atoms with Gasteiger partial charge in [-0.1, -0.05) is 115 Å². The molecule has 5 aromatic carbocycles. The second kappa shape index (κ2) is 10.5. The molecule has 7 aromatic rings. The summed E-state index contributed by atoms with van der Waals surface area (Å²) < 4.78 is 44.9. The third kappa shape index (κ3) is 4.61. The molecule has 5 heteroatoms. The minimum absolute atomic E-state index is 0.0427. The maximum absolute atomic E-state index is 12.4. The Kier molecular flexibility index (Phi) is 5.06. The molecule has 2 aromatic heterocycles. The van der Waals surface area contributed by atoms with Crippen LogP contribution < -0.4 is 5.69 Å². The van der Waals surface area contributed by atoms with Gasteiger partial charge in [0.1, 0.15) is 0 Å². The number of rotatable bonds is 5. The lowest BCUT2D eigenvalue weighted by Crippen LogP contribution is -2.19. The minimum Gasteiger partial charge on any atom is -0.295 e. The molecular formula is C37H28N4O. The van der Waals surface area contributed by atoms with E-state index in [1.807, 2.05) is 103 Å². The van der Waals surface area contributed by atoms with Gasteiger partial charge in [-0.3, -0.25) is 9.13 Å². The molecule has 0 N–H and O–H groups in total. The van der Waals surface area contributed by atoms with E-state index in [9.17, 15) is 4.79 Å². The second-order valence-electron chi connectivity index (χ2n) is 10.1. The fraction of sp³-hybridized carbons (Fsp3) is 0.0541. The van der Waals surface area contributed by atoms with E-state index < -0.39 is 18.1 Å². The van der Waals surface area contributed by atoms with Gasteiger partial charge in [-0.2, -0.15) is 0 Å². The van der Waals surface area contributed by atoms with Crippen LogP contribution >= 0.6 is 0 Å². The molecule has 0 aliphatic rings.